The van der Waals surface area contributed by atoms with Gasteiger partial charge in [-0.15, -0.1) is 0 Å². The monoisotopic (exact) mass is 471 g/mol. The molecule has 0 saturated heterocycles. The zero-order chi connectivity index (χ0) is 23.3. The van der Waals surface area contributed by atoms with Gasteiger partial charge in [-0.1, -0.05) is 18.2 Å². The van der Waals surface area contributed by atoms with Crippen LogP contribution in [0.5, 0.6) is 5.75 Å². The number of hydrogen-bond acceptors (Lipinski definition) is 6. The number of nitrogens with zero attached hydrogens (tertiary/aromatic N) is 3. The van der Waals surface area contributed by atoms with E-state index in [0.717, 1.165) is 66.7 Å². The largest absolute Gasteiger partial charge is 0.496 e. The third kappa shape index (κ3) is 5.83. The predicted molar refractivity (Wildman–Crippen MR) is 131 cm³/mol. The van der Waals surface area contributed by atoms with Crippen LogP contribution in [0.3, 0.4) is 0 Å². The Morgan fingerprint density at radius 3 is 2.73 bits per heavy atom. The van der Waals surface area contributed by atoms with Crippen LogP contribution in [0.15, 0.2) is 42.9 Å². The Morgan fingerprint density at radius 1 is 1.15 bits per heavy atom. The molecular weight excluding hydrogens is 438 g/mol. The minimum absolute atomic E-state index is 0.194. The second-order valence-electron chi connectivity index (χ2n) is 8.81. The van der Waals surface area contributed by atoms with Gasteiger partial charge in [0.25, 0.3) is 0 Å². The molecular formula is C24H33N5O3S. The highest BCUT2D eigenvalue weighted by Crippen LogP contribution is 2.32. The number of ether oxygens (including phenoxy) is 1. The molecule has 2 heterocycles. The summed E-state index contributed by atoms with van der Waals surface area (Å²) < 4.78 is 33.4. The number of hydrogen-bond donors (Lipinski definition) is 2. The number of rotatable bonds is 10. The Kier molecular flexibility index (Phi) is 7.49. The first-order chi connectivity index (χ1) is 16.0. The molecule has 2 N–H and O–H groups in total. The number of aromatic amines is 1. The van der Waals surface area contributed by atoms with Gasteiger partial charge >= 0.3 is 0 Å². The van der Waals surface area contributed by atoms with Gasteiger partial charge in [0.1, 0.15) is 23.5 Å². The Hall–Kier alpha value is -2.65. The molecule has 0 bridgehead atoms. The molecule has 1 aliphatic carbocycles. The molecule has 178 valence electrons. The minimum Gasteiger partial charge on any atom is -0.496 e. The summed E-state index contributed by atoms with van der Waals surface area (Å²) in [6.45, 7) is 0.443. The summed E-state index contributed by atoms with van der Waals surface area (Å²) in [5.41, 5.74) is 1.94. The van der Waals surface area contributed by atoms with Crippen LogP contribution in [-0.4, -0.2) is 55.9 Å². The van der Waals surface area contributed by atoms with Crippen LogP contribution in [0.4, 0.5) is 5.82 Å². The molecule has 2 aromatic heterocycles. The van der Waals surface area contributed by atoms with Crippen molar-refractivity contribution in [2.45, 2.75) is 44.6 Å². The van der Waals surface area contributed by atoms with E-state index in [1.165, 1.54) is 0 Å². The van der Waals surface area contributed by atoms with E-state index in [1.807, 2.05) is 36.5 Å². The molecule has 0 atom stereocenters. The highest BCUT2D eigenvalue weighted by Gasteiger charge is 2.28. The molecule has 0 unspecified atom stereocenters. The topological polar surface area (TPSA) is 100 Å². The van der Waals surface area contributed by atoms with E-state index < -0.39 is 10.0 Å². The highest BCUT2D eigenvalue weighted by molar-refractivity contribution is 7.89. The summed E-state index contributed by atoms with van der Waals surface area (Å²) >= 11 is 0. The maximum Gasteiger partial charge on any atom is 0.211 e. The first-order valence-corrected chi connectivity index (χ1v) is 13.2. The molecule has 1 fully saturated rings. The van der Waals surface area contributed by atoms with Gasteiger partial charge in [-0.05, 0) is 62.1 Å². The number of fused-ring (bicyclic) bond motifs is 1. The van der Waals surface area contributed by atoms with Crippen molar-refractivity contribution in [3.8, 4) is 5.75 Å². The Morgan fingerprint density at radius 2 is 1.94 bits per heavy atom. The van der Waals surface area contributed by atoms with Gasteiger partial charge in [-0.2, -0.15) is 0 Å². The highest BCUT2D eigenvalue weighted by atomic mass is 32.2. The zero-order valence-corrected chi connectivity index (χ0v) is 20.1. The van der Waals surface area contributed by atoms with E-state index in [1.54, 1.807) is 13.4 Å². The van der Waals surface area contributed by atoms with Gasteiger partial charge < -0.3 is 14.6 Å². The molecule has 33 heavy (non-hydrogen) atoms. The molecule has 8 nitrogen and oxygen atoms in total. The van der Waals surface area contributed by atoms with Crippen LogP contribution in [0, 0.1) is 5.92 Å². The van der Waals surface area contributed by atoms with Crippen molar-refractivity contribution >= 4 is 26.9 Å². The molecule has 0 amide bonds. The lowest BCUT2D eigenvalue weighted by atomic mass is 9.86. The molecule has 1 saturated carbocycles. The fourth-order valence-corrected chi connectivity index (χ4v) is 6.32. The van der Waals surface area contributed by atoms with Crippen molar-refractivity contribution in [1.82, 2.24) is 19.7 Å². The van der Waals surface area contributed by atoms with E-state index in [0.29, 0.717) is 12.6 Å². The van der Waals surface area contributed by atoms with E-state index in [-0.39, 0.29) is 11.7 Å². The van der Waals surface area contributed by atoms with Gasteiger partial charge in [0.15, 0.2) is 0 Å². The van der Waals surface area contributed by atoms with Gasteiger partial charge in [0.05, 0.1) is 18.2 Å². The number of methoxy groups -OCH3 is 1. The predicted octanol–water partition coefficient (Wildman–Crippen LogP) is 3.51. The third-order valence-electron chi connectivity index (χ3n) is 6.62. The summed E-state index contributed by atoms with van der Waals surface area (Å²) in [6, 6.07) is 10.2. The fraction of sp³-hybridized carbons (Fsp3) is 0.500. The minimum atomic E-state index is -3.28. The number of sulfonamides is 1. The molecule has 0 spiro atoms. The normalized spacial score (nSPS) is 19.0. The smallest absolute Gasteiger partial charge is 0.211 e. The lowest BCUT2D eigenvalue weighted by Gasteiger charge is -2.35. The number of para-hydroxylation sites is 1. The van der Waals surface area contributed by atoms with Crippen molar-refractivity contribution < 1.29 is 13.2 Å². The molecule has 9 heteroatoms. The van der Waals surface area contributed by atoms with E-state index in [4.69, 9.17) is 4.74 Å². The Balaban J connectivity index is 1.23. The van der Waals surface area contributed by atoms with Crippen LogP contribution in [0.1, 0.15) is 37.7 Å². The number of aromatic nitrogens is 3. The molecule has 0 radical (unpaired) electrons. The summed E-state index contributed by atoms with van der Waals surface area (Å²) in [5, 5.41) is 1.02. The lowest BCUT2D eigenvalue weighted by molar-refractivity contribution is 0.340. The van der Waals surface area contributed by atoms with Crippen molar-refractivity contribution in [3.05, 3.63) is 48.4 Å². The first kappa shape index (κ1) is 23.5. The summed E-state index contributed by atoms with van der Waals surface area (Å²) in [4.78, 5) is 14.1. The van der Waals surface area contributed by atoms with E-state index in [2.05, 4.69) is 31.6 Å². The van der Waals surface area contributed by atoms with E-state index >= 15 is 0 Å². The van der Waals surface area contributed by atoms with E-state index in [9.17, 15) is 8.42 Å². The maximum atomic E-state index is 12.6. The Bertz CT molecular complexity index is 1160. The number of anilines is 1. The standard InChI is InChI=1S/C24H33N5O3S/c1-29(24-21-13-15-25-23(21)26-17-27-24)20-11-9-18(10-12-20)16-33(30,31)28-14-5-7-19-6-3-4-8-22(19)32-2/h3-4,6,8,13,15,17-18,20,28H,5,7,9-12,14,16H2,1-2H3,(H,25,26,27)/t18-,20-. The zero-order valence-electron chi connectivity index (χ0n) is 19.3. The number of H-pyrrole nitrogens is 1. The molecule has 0 aliphatic heterocycles. The quantitative estimate of drug-likeness (QED) is 0.439. The van der Waals surface area contributed by atoms with Gasteiger partial charge in [-0.3, -0.25) is 0 Å². The first-order valence-electron chi connectivity index (χ1n) is 11.6. The van der Waals surface area contributed by atoms with Gasteiger partial charge in [0, 0.05) is 25.8 Å². The lowest BCUT2D eigenvalue weighted by Crippen LogP contribution is -2.38. The molecule has 4 rings (SSSR count). The van der Waals surface area contributed by atoms with Crippen molar-refractivity contribution in [1.29, 1.82) is 0 Å². The third-order valence-corrected chi connectivity index (χ3v) is 8.18. The summed E-state index contributed by atoms with van der Waals surface area (Å²) in [5.74, 6) is 2.17. The molecule has 3 aromatic rings. The van der Waals surface area contributed by atoms with Gasteiger partial charge in [0.2, 0.25) is 10.0 Å². The second-order valence-corrected chi connectivity index (χ2v) is 10.7. The van der Waals surface area contributed by atoms with Crippen molar-refractivity contribution in [2.24, 2.45) is 5.92 Å². The maximum absolute atomic E-state index is 12.6. The Labute approximate surface area is 195 Å². The van der Waals surface area contributed by atoms with Crippen LogP contribution in [-0.2, 0) is 16.4 Å². The SMILES string of the molecule is COc1ccccc1CCCNS(=O)(=O)C[C@H]1CC[C@H](N(C)c2ncnc3[nH]ccc23)CC1. The van der Waals surface area contributed by atoms with Gasteiger partial charge in [-0.25, -0.2) is 23.1 Å². The van der Waals surface area contributed by atoms with Crippen LogP contribution >= 0.6 is 0 Å². The van der Waals surface area contributed by atoms with Crippen LogP contribution in [0.25, 0.3) is 11.0 Å². The number of nitrogens with one attached hydrogen (secondary N) is 2. The summed E-state index contributed by atoms with van der Waals surface area (Å²) in [7, 11) is 0.442. The second kappa shape index (κ2) is 10.5. The summed E-state index contributed by atoms with van der Waals surface area (Å²) in [6.07, 6.45) is 8.70. The number of benzene rings is 1. The average molecular weight is 472 g/mol. The molecule has 1 aliphatic rings. The number of aryl methyl sites for hydroxylation is 1. The average Bonchev–Trinajstić information content (AvgIpc) is 3.31. The fourth-order valence-electron chi connectivity index (χ4n) is 4.80. The molecule has 1 aromatic carbocycles. The van der Waals surface area contributed by atoms with Crippen molar-refractivity contribution in [3.63, 3.8) is 0 Å². The van der Waals surface area contributed by atoms with Crippen LogP contribution < -0.4 is 14.4 Å². The van der Waals surface area contributed by atoms with Crippen molar-refractivity contribution in [2.75, 3.05) is 31.4 Å². The van der Waals surface area contributed by atoms with Crippen LogP contribution in [0.2, 0.25) is 0 Å².